The number of hydrogen-bond donors (Lipinski definition) is 2. The smallest absolute Gasteiger partial charge is 0.261 e. The zero-order valence-electron chi connectivity index (χ0n) is 13.5. The van der Waals surface area contributed by atoms with E-state index in [0.717, 1.165) is 10.3 Å². The summed E-state index contributed by atoms with van der Waals surface area (Å²) in [6.45, 7) is -0.214. The molecule has 0 atom stereocenters. The number of sulfonamides is 1. The van der Waals surface area contributed by atoms with Crippen molar-refractivity contribution in [1.82, 2.24) is 15.1 Å². The number of carbonyl (C=O) groups excluding carboxylic acids is 2. The molecule has 0 aliphatic carbocycles. The molecule has 2 heterocycles. The largest absolute Gasteiger partial charge is 0.283 e. The molecule has 2 N–H and O–H groups in total. The number of carbonyl (C=O) groups is 2. The standard InChI is InChI=1S/C17H14N4O4S/c22-16-13-3-1-2-4-14(13)17(23)21(16)7-8-26(24,25)20-12-6-5-11-10-18-19-15(11)9-12/h1-6,9-10,20H,7-8H2,(H,18,19). The van der Waals surface area contributed by atoms with Crippen molar-refractivity contribution in [3.05, 3.63) is 59.8 Å². The Hall–Kier alpha value is -3.20. The number of aromatic amines is 1. The van der Waals surface area contributed by atoms with Crippen LogP contribution >= 0.6 is 0 Å². The van der Waals surface area contributed by atoms with E-state index in [1.165, 1.54) is 0 Å². The average molecular weight is 370 g/mol. The summed E-state index contributed by atoms with van der Waals surface area (Å²) in [6.07, 6.45) is 1.63. The predicted molar refractivity (Wildman–Crippen MR) is 95.3 cm³/mol. The van der Waals surface area contributed by atoms with E-state index in [0.29, 0.717) is 22.3 Å². The van der Waals surface area contributed by atoms with Gasteiger partial charge in [-0.25, -0.2) is 8.42 Å². The Bertz CT molecular complexity index is 1100. The van der Waals surface area contributed by atoms with Crippen LogP contribution in [0.4, 0.5) is 5.69 Å². The van der Waals surface area contributed by atoms with Crippen molar-refractivity contribution in [3.8, 4) is 0 Å². The second-order valence-electron chi connectivity index (χ2n) is 5.90. The highest BCUT2D eigenvalue weighted by Crippen LogP contribution is 2.22. The first-order valence-corrected chi connectivity index (χ1v) is 9.49. The van der Waals surface area contributed by atoms with Crippen molar-refractivity contribution in [2.45, 2.75) is 0 Å². The number of H-pyrrole nitrogens is 1. The minimum absolute atomic E-state index is 0.214. The summed E-state index contributed by atoms with van der Waals surface area (Å²) in [7, 11) is -3.74. The van der Waals surface area contributed by atoms with Crippen molar-refractivity contribution in [3.63, 3.8) is 0 Å². The van der Waals surface area contributed by atoms with E-state index in [4.69, 9.17) is 0 Å². The second-order valence-corrected chi connectivity index (χ2v) is 7.74. The molecule has 0 saturated carbocycles. The van der Waals surface area contributed by atoms with Crippen LogP contribution in [-0.2, 0) is 10.0 Å². The van der Waals surface area contributed by atoms with Gasteiger partial charge in [-0.05, 0) is 30.3 Å². The Morgan fingerprint density at radius 2 is 1.73 bits per heavy atom. The van der Waals surface area contributed by atoms with Crippen LogP contribution in [0.2, 0.25) is 0 Å². The molecule has 9 heteroatoms. The van der Waals surface area contributed by atoms with Gasteiger partial charge in [0.1, 0.15) is 0 Å². The Kier molecular flexibility index (Phi) is 3.73. The quantitative estimate of drug-likeness (QED) is 0.663. The fourth-order valence-corrected chi connectivity index (χ4v) is 3.90. The average Bonchev–Trinajstić information content (AvgIpc) is 3.17. The van der Waals surface area contributed by atoms with Crippen LogP contribution in [0.1, 0.15) is 20.7 Å². The molecule has 0 radical (unpaired) electrons. The maximum absolute atomic E-state index is 12.3. The number of benzene rings is 2. The number of nitrogens with one attached hydrogen (secondary N) is 2. The maximum Gasteiger partial charge on any atom is 0.261 e. The summed E-state index contributed by atoms with van der Waals surface area (Å²) in [4.78, 5) is 25.5. The molecule has 0 saturated heterocycles. The van der Waals surface area contributed by atoms with Crippen LogP contribution in [0.3, 0.4) is 0 Å². The van der Waals surface area contributed by atoms with Gasteiger partial charge in [0.05, 0.1) is 34.3 Å². The second kappa shape index (κ2) is 5.95. The molecule has 0 spiro atoms. The molecule has 2 amide bonds. The third-order valence-electron chi connectivity index (χ3n) is 4.18. The molecule has 2 aromatic carbocycles. The minimum Gasteiger partial charge on any atom is -0.283 e. The normalized spacial score (nSPS) is 14.1. The number of rotatable bonds is 5. The van der Waals surface area contributed by atoms with Gasteiger partial charge in [0, 0.05) is 11.9 Å². The number of aromatic nitrogens is 2. The Balaban J connectivity index is 1.47. The lowest BCUT2D eigenvalue weighted by atomic mass is 10.1. The Labute approximate surface area is 148 Å². The third kappa shape index (κ3) is 2.82. The molecule has 0 fully saturated rings. The van der Waals surface area contributed by atoms with Crippen LogP contribution in [0.15, 0.2) is 48.7 Å². The minimum atomic E-state index is -3.74. The molecule has 1 aliphatic rings. The molecule has 0 unspecified atom stereocenters. The van der Waals surface area contributed by atoms with Gasteiger partial charge in [-0.15, -0.1) is 0 Å². The van der Waals surface area contributed by atoms with Crippen molar-refractivity contribution in [2.75, 3.05) is 17.0 Å². The van der Waals surface area contributed by atoms with E-state index < -0.39 is 21.8 Å². The fourth-order valence-electron chi connectivity index (χ4n) is 2.88. The van der Waals surface area contributed by atoms with E-state index in [2.05, 4.69) is 14.9 Å². The van der Waals surface area contributed by atoms with E-state index >= 15 is 0 Å². The molecule has 8 nitrogen and oxygen atoms in total. The summed E-state index contributed by atoms with van der Waals surface area (Å²) in [6, 6.07) is 11.4. The lowest BCUT2D eigenvalue weighted by molar-refractivity contribution is 0.0664. The highest BCUT2D eigenvalue weighted by atomic mass is 32.2. The van der Waals surface area contributed by atoms with E-state index in [9.17, 15) is 18.0 Å². The van der Waals surface area contributed by atoms with Gasteiger partial charge in [0.2, 0.25) is 10.0 Å². The van der Waals surface area contributed by atoms with Crippen molar-refractivity contribution in [2.24, 2.45) is 0 Å². The van der Waals surface area contributed by atoms with Gasteiger partial charge in [-0.3, -0.25) is 24.3 Å². The number of amides is 2. The summed E-state index contributed by atoms with van der Waals surface area (Å²) in [5.41, 5.74) is 1.68. The molecule has 26 heavy (non-hydrogen) atoms. The first kappa shape index (κ1) is 16.3. The van der Waals surface area contributed by atoms with Gasteiger partial charge in [0.25, 0.3) is 11.8 Å². The summed E-state index contributed by atoms with van der Waals surface area (Å²) >= 11 is 0. The highest BCUT2D eigenvalue weighted by molar-refractivity contribution is 7.92. The molecule has 132 valence electrons. The van der Waals surface area contributed by atoms with Crippen LogP contribution in [0, 0.1) is 0 Å². The lowest BCUT2D eigenvalue weighted by Crippen LogP contribution is -2.35. The van der Waals surface area contributed by atoms with Gasteiger partial charge >= 0.3 is 0 Å². The van der Waals surface area contributed by atoms with E-state index in [1.807, 2.05) is 0 Å². The third-order valence-corrected chi connectivity index (χ3v) is 5.44. The maximum atomic E-state index is 12.3. The topological polar surface area (TPSA) is 112 Å². The lowest BCUT2D eigenvalue weighted by Gasteiger charge is -2.14. The van der Waals surface area contributed by atoms with Gasteiger partial charge in [-0.2, -0.15) is 5.10 Å². The number of hydrogen-bond acceptors (Lipinski definition) is 5. The molecule has 4 rings (SSSR count). The SMILES string of the molecule is O=C1c2ccccc2C(=O)N1CCS(=O)(=O)Nc1ccc2cn[nH]c2c1. The summed E-state index contributed by atoms with van der Waals surface area (Å²) in [5, 5.41) is 7.50. The van der Waals surface area contributed by atoms with Gasteiger partial charge < -0.3 is 0 Å². The monoisotopic (exact) mass is 370 g/mol. The van der Waals surface area contributed by atoms with Crippen LogP contribution in [0.5, 0.6) is 0 Å². The van der Waals surface area contributed by atoms with Crippen molar-refractivity contribution >= 4 is 38.4 Å². The molecule has 1 aliphatic heterocycles. The zero-order chi connectivity index (χ0) is 18.3. The molecule has 0 bridgehead atoms. The van der Waals surface area contributed by atoms with E-state index in [1.54, 1.807) is 48.7 Å². The Morgan fingerprint density at radius 3 is 2.42 bits per heavy atom. The fraction of sp³-hybridized carbons (Fsp3) is 0.118. The summed E-state index contributed by atoms with van der Waals surface area (Å²) in [5.74, 6) is -1.33. The summed E-state index contributed by atoms with van der Waals surface area (Å²) < 4.78 is 27.1. The molecular weight excluding hydrogens is 356 g/mol. The van der Waals surface area contributed by atoms with Crippen molar-refractivity contribution in [1.29, 1.82) is 0 Å². The Morgan fingerprint density at radius 1 is 1.04 bits per heavy atom. The van der Waals surface area contributed by atoms with Gasteiger partial charge in [0.15, 0.2) is 0 Å². The first-order chi connectivity index (χ1) is 12.4. The molecule has 3 aromatic rings. The highest BCUT2D eigenvalue weighted by Gasteiger charge is 2.35. The predicted octanol–water partition coefficient (Wildman–Crippen LogP) is 1.60. The number of fused-ring (bicyclic) bond motifs is 2. The van der Waals surface area contributed by atoms with Crippen LogP contribution < -0.4 is 4.72 Å². The zero-order valence-corrected chi connectivity index (χ0v) is 14.3. The van der Waals surface area contributed by atoms with Gasteiger partial charge in [-0.1, -0.05) is 12.1 Å². The number of nitrogens with zero attached hydrogens (tertiary/aromatic N) is 2. The van der Waals surface area contributed by atoms with Crippen molar-refractivity contribution < 1.29 is 18.0 Å². The van der Waals surface area contributed by atoms with E-state index in [-0.39, 0.29) is 12.3 Å². The molecule has 1 aromatic heterocycles. The van der Waals surface area contributed by atoms with Crippen LogP contribution in [-0.4, -0.2) is 47.6 Å². The molecular formula is C17H14N4O4S. The number of anilines is 1. The number of imide groups is 1. The first-order valence-electron chi connectivity index (χ1n) is 7.83. The van der Waals surface area contributed by atoms with Crippen LogP contribution in [0.25, 0.3) is 10.9 Å².